The summed E-state index contributed by atoms with van der Waals surface area (Å²) in [7, 11) is 0. The Kier molecular flexibility index (Phi) is 4.74. The SMILES string of the molecule is CCn1nc(C)cc1COc1ccc(CC(C)N)nc1. The van der Waals surface area contributed by atoms with E-state index in [0.29, 0.717) is 6.61 Å². The smallest absolute Gasteiger partial charge is 0.138 e. The molecule has 2 N–H and O–H groups in total. The zero-order valence-corrected chi connectivity index (χ0v) is 12.3. The molecule has 0 aromatic carbocycles. The molecular weight excluding hydrogens is 252 g/mol. The third kappa shape index (κ3) is 3.81. The summed E-state index contributed by atoms with van der Waals surface area (Å²) in [5.74, 6) is 0.764. The summed E-state index contributed by atoms with van der Waals surface area (Å²) in [4.78, 5) is 4.35. The van der Waals surface area contributed by atoms with Crippen LogP contribution in [-0.4, -0.2) is 20.8 Å². The number of hydrogen-bond donors (Lipinski definition) is 1. The first-order valence-corrected chi connectivity index (χ1v) is 6.95. The van der Waals surface area contributed by atoms with Crippen LogP contribution in [0.25, 0.3) is 0 Å². The van der Waals surface area contributed by atoms with Crippen molar-refractivity contribution in [3.05, 3.63) is 41.5 Å². The van der Waals surface area contributed by atoms with E-state index >= 15 is 0 Å². The largest absolute Gasteiger partial charge is 0.486 e. The molecule has 0 saturated heterocycles. The minimum Gasteiger partial charge on any atom is -0.486 e. The number of aryl methyl sites for hydroxylation is 2. The van der Waals surface area contributed by atoms with Gasteiger partial charge in [-0.3, -0.25) is 9.67 Å². The highest BCUT2D eigenvalue weighted by atomic mass is 16.5. The van der Waals surface area contributed by atoms with Crippen molar-refractivity contribution in [3.63, 3.8) is 0 Å². The monoisotopic (exact) mass is 274 g/mol. The Morgan fingerprint density at radius 3 is 2.80 bits per heavy atom. The first kappa shape index (κ1) is 14.5. The van der Waals surface area contributed by atoms with Crippen LogP contribution in [0.1, 0.15) is 30.9 Å². The fraction of sp³-hybridized carbons (Fsp3) is 0.467. The average Bonchev–Trinajstić information content (AvgIpc) is 2.78. The summed E-state index contributed by atoms with van der Waals surface area (Å²) in [5.41, 5.74) is 8.82. The van der Waals surface area contributed by atoms with Crippen molar-refractivity contribution in [1.82, 2.24) is 14.8 Å². The maximum Gasteiger partial charge on any atom is 0.138 e. The van der Waals surface area contributed by atoms with Crippen LogP contribution in [0.5, 0.6) is 5.75 Å². The van der Waals surface area contributed by atoms with E-state index in [1.165, 1.54) is 0 Å². The van der Waals surface area contributed by atoms with Crippen LogP contribution in [0.15, 0.2) is 24.4 Å². The Morgan fingerprint density at radius 1 is 1.40 bits per heavy atom. The van der Waals surface area contributed by atoms with Crippen LogP contribution in [0.2, 0.25) is 0 Å². The zero-order chi connectivity index (χ0) is 14.5. The molecule has 0 saturated carbocycles. The van der Waals surface area contributed by atoms with Crippen molar-refractivity contribution >= 4 is 0 Å². The van der Waals surface area contributed by atoms with E-state index < -0.39 is 0 Å². The molecule has 1 atom stereocenters. The molecule has 108 valence electrons. The van der Waals surface area contributed by atoms with E-state index in [9.17, 15) is 0 Å². The van der Waals surface area contributed by atoms with E-state index in [0.717, 1.165) is 35.8 Å². The summed E-state index contributed by atoms with van der Waals surface area (Å²) in [6.45, 7) is 7.38. The summed E-state index contributed by atoms with van der Waals surface area (Å²) >= 11 is 0. The summed E-state index contributed by atoms with van der Waals surface area (Å²) in [6.07, 6.45) is 2.53. The van der Waals surface area contributed by atoms with Crippen LogP contribution in [0.3, 0.4) is 0 Å². The van der Waals surface area contributed by atoms with Crippen molar-refractivity contribution in [3.8, 4) is 5.75 Å². The quantitative estimate of drug-likeness (QED) is 0.875. The van der Waals surface area contributed by atoms with Crippen molar-refractivity contribution in [2.24, 2.45) is 5.73 Å². The molecule has 2 heterocycles. The molecule has 0 aliphatic heterocycles. The Hall–Kier alpha value is -1.88. The van der Waals surface area contributed by atoms with Gasteiger partial charge in [-0.1, -0.05) is 0 Å². The van der Waals surface area contributed by atoms with E-state index in [2.05, 4.69) is 17.0 Å². The Morgan fingerprint density at radius 2 is 2.20 bits per heavy atom. The molecule has 5 heteroatoms. The third-order valence-corrected chi connectivity index (χ3v) is 3.00. The summed E-state index contributed by atoms with van der Waals surface area (Å²) < 4.78 is 7.70. The average molecular weight is 274 g/mol. The second-order valence-corrected chi connectivity index (χ2v) is 5.05. The van der Waals surface area contributed by atoms with Crippen LogP contribution in [0.4, 0.5) is 0 Å². The first-order valence-electron chi connectivity index (χ1n) is 6.95. The van der Waals surface area contributed by atoms with Crippen LogP contribution >= 0.6 is 0 Å². The highest BCUT2D eigenvalue weighted by Crippen LogP contribution is 2.13. The maximum absolute atomic E-state index is 5.75. The molecular formula is C15H22N4O. The number of hydrogen-bond acceptors (Lipinski definition) is 4. The van der Waals surface area contributed by atoms with Gasteiger partial charge in [0, 0.05) is 24.7 Å². The fourth-order valence-corrected chi connectivity index (χ4v) is 2.09. The normalized spacial score (nSPS) is 12.4. The Balaban J connectivity index is 1.96. The molecule has 0 amide bonds. The second-order valence-electron chi connectivity index (χ2n) is 5.05. The Labute approximate surface area is 119 Å². The van der Waals surface area contributed by atoms with Crippen molar-refractivity contribution in [2.75, 3.05) is 0 Å². The molecule has 2 rings (SSSR count). The number of rotatable bonds is 6. The highest BCUT2D eigenvalue weighted by Gasteiger charge is 2.05. The number of ether oxygens (including phenoxy) is 1. The number of pyridine rings is 1. The molecule has 0 spiro atoms. The number of nitrogens with two attached hydrogens (primary N) is 1. The van der Waals surface area contributed by atoms with Gasteiger partial charge in [0.15, 0.2) is 0 Å². The molecule has 0 fully saturated rings. The molecule has 5 nitrogen and oxygen atoms in total. The van der Waals surface area contributed by atoms with Gasteiger partial charge in [0.05, 0.1) is 17.6 Å². The second kappa shape index (κ2) is 6.52. The molecule has 1 unspecified atom stereocenters. The molecule has 0 aliphatic carbocycles. The van der Waals surface area contributed by atoms with Crippen LogP contribution in [0, 0.1) is 6.92 Å². The first-order chi connectivity index (χ1) is 9.58. The van der Waals surface area contributed by atoms with Gasteiger partial charge in [0.2, 0.25) is 0 Å². The predicted octanol–water partition coefficient (Wildman–Crippen LogP) is 2.08. The van der Waals surface area contributed by atoms with Crippen molar-refractivity contribution < 1.29 is 4.74 Å². The molecule has 2 aromatic heterocycles. The standard InChI is InChI=1S/C15H22N4O/c1-4-19-14(8-12(3)18-19)10-20-15-6-5-13(17-9-15)7-11(2)16/h5-6,8-9,11H,4,7,10,16H2,1-3H3. The van der Waals surface area contributed by atoms with Gasteiger partial charge < -0.3 is 10.5 Å². The lowest BCUT2D eigenvalue weighted by molar-refractivity contribution is 0.291. The summed E-state index contributed by atoms with van der Waals surface area (Å²) in [6, 6.07) is 6.06. The molecule has 2 aromatic rings. The lowest BCUT2D eigenvalue weighted by Gasteiger charge is -2.08. The molecule has 0 aliphatic rings. The van der Waals surface area contributed by atoms with Gasteiger partial charge in [0.1, 0.15) is 12.4 Å². The molecule has 0 radical (unpaired) electrons. The van der Waals surface area contributed by atoms with Gasteiger partial charge in [-0.2, -0.15) is 5.10 Å². The topological polar surface area (TPSA) is 66.0 Å². The van der Waals surface area contributed by atoms with E-state index in [1.807, 2.05) is 36.7 Å². The number of nitrogens with zero attached hydrogens (tertiary/aromatic N) is 3. The summed E-state index contributed by atoms with van der Waals surface area (Å²) in [5, 5.41) is 4.40. The van der Waals surface area contributed by atoms with E-state index in [-0.39, 0.29) is 6.04 Å². The van der Waals surface area contributed by atoms with E-state index in [4.69, 9.17) is 10.5 Å². The number of aromatic nitrogens is 3. The maximum atomic E-state index is 5.75. The highest BCUT2D eigenvalue weighted by molar-refractivity contribution is 5.21. The molecule has 0 bridgehead atoms. The van der Waals surface area contributed by atoms with Gasteiger partial charge >= 0.3 is 0 Å². The Bertz CT molecular complexity index is 546. The third-order valence-electron chi connectivity index (χ3n) is 3.00. The van der Waals surface area contributed by atoms with Gasteiger partial charge in [-0.25, -0.2) is 0 Å². The predicted molar refractivity (Wildman–Crippen MR) is 78.6 cm³/mol. The van der Waals surface area contributed by atoms with E-state index in [1.54, 1.807) is 6.20 Å². The van der Waals surface area contributed by atoms with Crippen LogP contribution < -0.4 is 10.5 Å². The van der Waals surface area contributed by atoms with Crippen LogP contribution in [-0.2, 0) is 19.6 Å². The molecule has 20 heavy (non-hydrogen) atoms. The minimum atomic E-state index is 0.121. The minimum absolute atomic E-state index is 0.121. The lowest BCUT2D eigenvalue weighted by Crippen LogP contribution is -2.18. The fourth-order valence-electron chi connectivity index (χ4n) is 2.09. The van der Waals surface area contributed by atoms with Crippen molar-refractivity contribution in [1.29, 1.82) is 0 Å². The van der Waals surface area contributed by atoms with Gasteiger partial charge in [0.25, 0.3) is 0 Å². The lowest BCUT2D eigenvalue weighted by atomic mass is 10.2. The zero-order valence-electron chi connectivity index (χ0n) is 12.3. The van der Waals surface area contributed by atoms with Gasteiger partial charge in [-0.05, 0) is 39.0 Å². The van der Waals surface area contributed by atoms with Gasteiger partial charge in [-0.15, -0.1) is 0 Å². The van der Waals surface area contributed by atoms with Crippen molar-refractivity contribution in [2.45, 2.75) is 46.4 Å².